The first-order valence-electron chi connectivity index (χ1n) is 8.26. The number of hydrogen-bond acceptors (Lipinski definition) is 5. The van der Waals surface area contributed by atoms with Gasteiger partial charge in [0.05, 0.1) is 17.2 Å². The molecular formula is C19H17N5O3. The lowest BCUT2D eigenvalue weighted by Crippen LogP contribution is -2.25. The maximum atomic E-state index is 11.9. The molecule has 1 N–H and O–H groups in total. The molecule has 2 aromatic heterocycles. The van der Waals surface area contributed by atoms with Gasteiger partial charge in [0.2, 0.25) is 5.91 Å². The van der Waals surface area contributed by atoms with Crippen molar-refractivity contribution in [2.24, 2.45) is 0 Å². The quantitative estimate of drug-likeness (QED) is 0.395. The Hall–Kier alpha value is -3.81. The lowest BCUT2D eigenvalue weighted by atomic mass is 10.2. The fraction of sp³-hybridized carbons (Fsp3) is 0.105. The highest BCUT2D eigenvalue weighted by Gasteiger charge is 2.04. The van der Waals surface area contributed by atoms with E-state index in [4.69, 9.17) is 0 Å². The Labute approximate surface area is 155 Å². The molecule has 0 aliphatic heterocycles. The van der Waals surface area contributed by atoms with Crippen LogP contribution in [0.1, 0.15) is 5.56 Å². The third-order valence-corrected chi connectivity index (χ3v) is 3.79. The van der Waals surface area contributed by atoms with Gasteiger partial charge in [-0.15, -0.1) is 0 Å². The Bertz CT molecular complexity index is 949. The molecule has 0 aliphatic carbocycles. The predicted molar refractivity (Wildman–Crippen MR) is 101 cm³/mol. The minimum atomic E-state index is -0.463. The molecule has 3 aromatic rings. The molecule has 0 radical (unpaired) electrons. The molecule has 136 valence electrons. The molecule has 8 nitrogen and oxygen atoms in total. The van der Waals surface area contributed by atoms with Crippen LogP contribution in [0.3, 0.4) is 0 Å². The van der Waals surface area contributed by atoms with Crippen LogP contribution in [0, 0.1) is 10.1 Å². The highest BCUT2D eigenvalue weighted by atomic mass is 16.6. The fourth-order valence-electron chi connectivity index (χ4n) is 2.39. The summed E-state index contributed by atoms with van der Waals surface area (Å²) in [5.41, 5.74) is 2.56. The molecule has 0 saturated heterocycles. The summed E-state index contributed by atoms with van der Waals surface area (Å²) in [5.74, 6) is -0.241. The number of nitro groups is 1. The third-order valence-electron chi connectivity index (χ3n) is 3.79. The van der Waals surface area contributed by atoms with E-state index in [1.165, 1.54) is 18.2 Å². The molecule has 3 rings (SSSR count). The van der Waals surface area contributed by atoms with Crippen LogP contribution in [0.4, 0.5) is 5.69 Å². The number of rotatable bonds is 7. The lowest BCUT2D eigenvalue weighted by molar-refractivity contribution is -0.384. The van der Waals surface area contributed by atoms with E-state index in [0.29, 0.717) is 18.7 Å². The van der Waals surface area contributed by atoms with Crippen LogP contribution in [-0.4, -0.2) is 32.1 Å². The van der Waals surface area contributed by atoms with Gasteiger partial charge in [-0.1, -0.05) is 0 Å². The van der Waals surface area contributed by atoms with E-state index >= 15 is 0 Å². The van der Waals surface area contributed by atoms with Gasteiger partial charge in [0, 0.05) is 48.9 Å². The van der Waals surface area contributed by atoms with E-state index in [1.54, 1.807) is 35.3 Å². The van der Waals surface area contributed by atoms with Gasteiger partial charge in [0.15, 0.2) is 0 Å². The summed E-state index contributed by atoms with van der Waals surface area (Å²) in [4.78, 5) is 26.0. The van der Waals surface area contributed by atoms with Crippen molar-refractivity contribution >= 4 is 17.7 Å². The molecule has 27 heavy (non-hydrogen) atoms. The Morgan fingerprint density at radius 1 is 1.15 bits per heavy atom. The number of amides is 1. The average Bonchev–Trinajstić information content (AvgIpc) is 3.16. The molecular weight excluding hydrogens is 346 g/mol. The van der Waals surface area contributed by atoms with Gasteiger partial charge >= 0.3 is 0 Å². The molecule has 0 unspecified atom stereocenters. The topological polar surface area (TPSA) is 103 Å². The Morgan fingerprint density at radius 3 is 2.59 bits per heavy atom. The first-order valence-corrected chi connectivity index (χ1v) is 8.26. The summed E-state index contributed by atoms with van der Waals surface area (Å²) in [5, 5.41) is 17.8. The summed E-state index contributed by atoms with van der Waals surface area (Å²) >= 11 is 0. The van der Waals surface area contributed by atoms with E-state index < -0.39 is 4.92 Å². The normalized spacial score (nSPS) is 10.8. The maximum absolute atomic E-state index is 11.9. The highest BCUT2D eigenvalue weighted by molar-refractivity contribution is 5.91. The molecule has 0 saturated carbocycles. The molecule has 0 aliphatic rings. The van der Waals surface area contributed by atoms with Gasteiger partial charge in [-0.25, -0.2) is 0 Å². The number of nitro benzene ring substituents is 1. The van der Waals surface area contributed by atoms with E-state index in [2.05, 4.69) is 15.4 Å². The zero-order valence-corrected chi connectivity index (χ0v) is 14.4. The van der Waals surface area contributed by atoms with Gasteiger partial charge in [0.25, 0.3) is 5.69 Å². The second-order valence-corrected chi connectivity index (χ2v) is 5.67. The summed E-state index contributed by atoms with van der Waals surface area (Å²) in [7, 11) is 0. The van der Waals surface area contributed by atoms with Crippen molar-refractivity contribution in [2.75, 3.05) is 6.54 Å². The molecule has 0 atom stereocenters. The Kier molecular flexibility index (Phi) is 5.68. The van der Waals surface area contributed by atoms with Crippen molar-refractivity contribution in [3.05, 3.63) is 82.8 Å². The largest absolute Gasteiger partial charge is 0.351 e. The van der Waals surface area contributed by atoms with Crippen LogP contribution in [0.25, 0.3) is 17.3 Å². The average molecular weight is 363 g/mol. The summed E-state index contributed by atoms with van der Waals surface area (Å²) in [6, 6.07) is 11.7. The number of hydrogen-bond donors (Lipinski definition) is 1. The van der Waals surface area contributed by atoms with Gasteiger partial charge in [-0.3, -0.25) is 24.6 Å². The van der Waals surface area contributed by atoms with Crippen LogP contribution in [0.5, 0.6) is 0 Å². The monoisotopic (exact) mass is 363 g/mol. The molecule has 8 heteroatoms. The second-order valence-electron chi connectivity index (χ2n) is 5.67. The van der Waals surface area contributed by atoms with Crippen molar-refractivity contribution in [1.82, 2.24) is 20.1 Å². The third kappa shape index (κ3) is 5.08. The highest BCUT2D eigenvalue weighted by Crippen LogP contribution is 2.15. The molecule has 1 amide bonds. The van der Waals surface area contributed by atoms with Gasteiger partial charge in [-0.05, 0) is 42.0 Å². The van der Waals surface area contributed by atoms with E-state index in [1.807, 2.05) is 24.4 Å². The van der Waals surface area contributed by atoms with Crippen LogP contribution >= 0.6 is 0 Å². The van der Waals surface area contributed by atoms with Crippen molar-refractivity contribution in [3.63, 3.8) is 0 Å². The zero-order chi connectivity index (χ0) is 19.1. The van der Waals surface area contributed by atoms with Crippen molar-refractivity contribution in [2.45, 2.75) is 6.54 Å². The van der Waals surface area contributed by atoms with E-state index in [9.17, 15) is 14.9 Å². The summed E-state index contributed by atoms with van der Waals surface area (Å²) in [6.07, 6.45) is 8.29. The smallest absolute Gasteiger partial charge is 0.269 e. The minimum Gasteiger partial charge on any atom is -0.351 e. The number of pyridine rings is 1. The fourth-order valence-corrected chi connectivity index (χ4v) is 2.39. The number of nitrogens with zero attached hydrogens (tertiary/aromatic N) is 4. The SMILES string of the molecule is O=C(/C=C/c1ccc([N+](=O)[O-])cc1)NCCn1ccc(-c2ccncc2)n1. The zero-order valence-electron chi connectivity index (χ0n) is 14.4. The molecule has 0 fully saturated rings. The van der Waals surface area contributed by atoms with Crippen molar-refractivity contribution < 1.29 is 9.72 Å². The molecule has 0 spiro atoms. The maximum Gasteiger partial charge on any atom is 0.269 e. The number of benzene rings is 1. The lowest BCUT2D eigenvalue weighted by Gasteiger charge is -2.03. The number of carbonyl (C=O) groups excluding carboxylic acids is 1. The van der Waals surface area contributed by atoms with Crippen LogP contribution in [-0.2, 0) is 11.3 Å². The molecule has 2 heterocycles. The van der Waals surface area contributed by atoms with Crippen molar-refractivity contribution in [3.8, 4) is 11.3 Å². The predicted octanol–water partition coefficient (Wildman–Crippen LogP) is 2.68. The van der Waals surface area contributed by atoms with Gasteiger partial charge in [-0.2, -0.15) is 5.10 Å². The van der Waals surface area contributed by atoms with E-state index in [-0.39, 0.29) is 11.6 Å². The minimum absolute atomic E-state index is 0.0157. The summed E-state index contributed by atoms with van der Waals surface area (Å²) < 4.78 is 1.76. The second kappa shape index (κ2) is 8.52. The number of carbonyl (C=O) groups is 1. The number of non-ortho nitro benzene ring substituents is 1. The number of aromatic nitrogens is 3. The van der Waals surface area contributed by atoms with Gasteiger partial charge < -0.3 is 5.32 Å². The first-order chi connectivity index (χ1) is 13.1. The number of nitrogens with one attached hydrogen (secondary N) is 1. The molecule has 0 bridgehead atoms. The Morgan fingerprint density at radius 2 is 1.89 bits per heavy atom. The van der Waals surface area contributed by atoms with Crippen LogP contribution in [0.2, 0.25) is 0 Å². The first kappa shape index (κ1) is 18.0. The Balaban J connectivity index is 1.47. The van der Waals surface area contributed by atoms with Crippen LogP contribution < -0.4 is 5.32 Å². The van der Waals surface area contributed by atoms with Crippen molar-refractivity contribution in [1.29, 1.82) is 0 Å². The molecule has 1 aromatic carbocycles. The van der Waals surface area contributed by atoms with E-state index in [0.717, 1.165) is 11.3 Å². The van der Waals surface area contributed by atoms with Crippen LogP contribution in [0.15, 0.2) is 67.1 Å². The standard InChI is InChI=1S/C19H17N5O3/c25-19(6-3-15-1-4-17(5-2-15)24(26)27)21-12-14-23-13-9-18(22-23)16-7-10-20-11-8-16/h1-11,13H,12,14H2,(H,21,25)/b6-3+. The summed E-state index contributed by atoms with van der Waals surface area (Å²) in [6.45, 7) is 0.975. The van der Waals surface area contributed by atoms with Gasteiger partial charge in [0.1, 0.15) is 0 Å².